The van der Waals surface area contributed by atoms with Gasteiger partial charge in [-0.3, -0.25) is 4.79 Å². The Kier molecular flexibility index (Phi) is 3.39. The van der Waals surface area contributed by atoms with Crippen molar-refractivity contribution >= 4 is 34.8 Å². The maximum atomic E-state index is 12.1. The Morgan fingerprint density at radius 1 is 1.00 bits per heavy atom. The maximum Gasteiger partial charge on any atom is 0.225 e. The summed E-state index contributed by atoms with van der Waals surface area (Å²) in [4.78, 5) is 12.1. The summed E-state index contributed by atoms with van der Waals surface area (Å²) < 4.78 is 0. The van der Waals surface area contributed by atoms with Gasteiger partial charge in [-0.25, -0.2) is 0 Å². The van der Waals surface area contributed by atoms with E-state index in [9.17, 15) is 4.79 Å². The fourth-order valence-corrected chi connectivity index (χ4v) is 4.14. The highest BCUT2D eigenvalue weighted by atomic mass is 35.5. The molecule has 2 aromatic carbocycles. The average molecular weight is 332 g/mol. The first kappa shape index (κ1) is 14.1. The molecule has 1 heterocycles. The molecule has 4 rings (SSSR count). The van der Waals surface area contributed by atoms with E-state index in [1.54, 1.807) is 6.07 Å². The lowest BCUT2D eigenvalue weighted by Gasteiger charge is -2.27. The topological polar surface area (TPSA) is 29.1 Å². The van der Waals surface area contributed by atoms with Crippen molar-refractivity contribution in [2.24, 2.45) is 0 Å². The molecule has 1 N–H and O–H groups in total. The van der Waals surface area contributed by atoms with Crippen LogP contribution >= 0.6 is 23.2 Å². The summed E-state index contributed by atoms with van der Waals surface area (Å²) in [6.45, 7) is 0. The second-order valence-corrected chi connectivity index (χ2v) is 6.88. The van der Waals surface area contributed by atoms with Gasteiger partial charge in [0.15, 0.2) is 0 Å². The number of fused-ring (bicyclic) bond motifs is 2. The average Bonchev–Trinajstić information content (AvgIpc) is 2.91. The number of rotatable bonds is 1. The van der Waals surface area contributed by atoms with Gasteiger partial charge >= 0.3 is 0 Å². The molecule has 0 aromatic heterocycles. The van der Waals surface area contributed by atoms with E-state index in [1.165, 1.54) is 23.1 Å². The van der Waals surface area contributed by atoms with Crippen LogP contribution in [0.4, 0.5) is 5.69 Å². The van der Waals surface area contributed by atoms with E-state index in [2.05, 4.69) is 17.4 Å². The molecule has 2 nitrogen and oxygen atoms in total. The highest BCUT2D eigenvalue weighted by molar-refractivity contribution is 6.35. The van der Waals surface area contributed by atoms with Crippen molar-refractivity contribution in [1.29, 1.82) is 0 Å². The summed E-state index contributed by atoms with van der Waals surface area (Å²) in [5.41, 5.74) is 5.85. The van der Waals surface area contributed by atoms with Crippen molar-refractivity contribution in [3.63, 3.8) is 0 Å². The van der Waals surface area contributed by atoms with Crippen LogP contribution in [0.15, 0.2) is 30.3 Å². The first-order chi connectivity index (χ1) is 10.6. The zero-order valence-electron chi connectivity index (χ0n) is 12.0. The number of benzene rings is 2. The Morgan fingerprint density at radius 2 is 1.77 bits per heavy atom. The zero-order chi connectivity index (χ0) is 15.3. The summed E-state index contributed by atoms with van der Waals surface area (Å²) in [7, 11) is 0. The van der Waals surface area contributed by atoms with Crippen LogP contribution in [0.5, 0.6) is 0 Å². The third kappa shape index (κ3) is 2.31. The molecule has 22 heavy (non-hydrogen) atoms. The van der Waals surface area contributed by atoms with Crippen LogP contribution in [0, 0.1) is 0 Å². The number of carbonyl (C=O) groups excluding carboxylic acids is 1. The standard InChI is InChI=1S/C18H15Cl2NO/c19-12-4-5-13(16(20)8-12)14-9-18(22)21-17-7-11-3-1-2-10(11)6-15(14)17/h4-8,14H,1-3,9H2,(H,21,22)/t14-/m0/s1. The minimum Gasteiger partial charge on any atom is -0.326 e. The highest BCUT2D eigenvalue weighted by Crippen LogP contribution is 2.42. The van der Waals surface area contributed by atoms with Crippen molar-refractivity contribution in [2.75, 3.05) is 5.32 Å². The molecule has 1 amide bonds. The van der Waals surface area contributed by atoms with E-state index in [4.69, 9.17) is 23.2 Å². The lowest BCUT2D eigenvalue weighted by molar-refractivity contribution is -0.116. The summed E-state index contributed by atoms with van der Waals surface area (Å²) in [6.07, 6.45) is 3.84. The lowest BCUT2D eigenvalue weighted by Crippen LogP contribution is -2.24. The normalized spacial score (nSPS) is 19.5. The summed E-state index contributed by atoms with van der Waals surface area (Å²) >= 11 is 12.4. The second-order valence-electron chi connectivity index (χ2n) is 6.03. The Hall–Kier alpha value is -1.51. The molecule has 1 aliphatic carbocycles. The predicted octanol–water partition coefficient (Wildman–Crippen LogP) is 4.96. The van der Waals surface area contributed by atoms with Crippen LogP contribution < -0.4 is 5.32 Å². The minimum absolute atomic E-state index is 0.000540. The van der Waals surface area contributed by atoms with Gasteiger partial charge in [-0.1, -0.05) is 35.3 Å². The van der Waals surface area contributed by atoms with Gasteiger partial charge in [-0.2, -0.15) is 0 Å². The fraction of sp³-hybridized carbons (Fsp3) is 0.278. The summed E-state index contributed by atoms with van der Waals surface area (Å²) in [5.74, 6) is 0.0425. The van der Waals surface area contributed by atoms with Crippen molar-refractivity contribution < 1.29 is 4.79 Å². The van der Waals surface area contributed by atoms with Crippen molar-refractivity contribution in [3.8, 4) is 0 Å². The van der Waals surface area contributed by atoms with E-state index >= 15 is 0 Å². The van der Waals surface area contributed by atoms with Gasteiger partial charge in [0.05, 0.1) is 0 Å². The van der Waals surface area contributed by atoms with Gasteiger partial charge in [0.2, 0.25) is 5.91 Å². The van der Waals surface area contributed by atoms with Crippen LogP contribution in [0.1, 0.15) is 41.0 Å². The van der Waals surface area contributed by atoms with Gasteiger partial charge in [-0.15, -0.1) is 0 Å². The van der Waals surface area contributed by atoms with E-state index < -0.39 is 0 Å². The molecule has 112 valence electrons. The molecule has 4 heteroatoms. The van der Waals surface area contributed by atoms with Crippen molar-refractivity contribution in [1.82, 2.24) is 0 Å². The Bertz CT molecular complexity index is 785. The van der Waals surface area contributed by atoms with E-state index in [-0.39, 0.29) is 11.8 Å². The SMILES string of the molecule is O=C1C[C@@H](c2ccc(Cl)cc2Cl)c2cc3c(cc2N1)CCC3. The first-order valence-corrected chi connectivity index (χ1v) is 8.28. The predicted molar refractivity (Wildman–Crippen MR) is 90.0 cm³/mol. The van der Waals surface area contributed by atoms with E-state index in [0.717, 1.165) is 24.1 Å². The quantitative estimate of drug-likeness (QED) is 0.786. The van der Waals surface area contributed by atoms with Crippen molar-refractivity contribution in [2.45, 2.75) is 31.6 Å². The van der Waals surface area contributed by atoms with Crippen LogP contribution in [0.3, 0.4) is 0 Å². The van der Waals surface area contributed by atoms with Gasteiger partial charge in [-0.05, 0) is 59.7 Å². The third-order valence-corrected chi connectivity index (χ3v) is 5.20. The van der Waals surface area contributed by atoms with Gasteiger partial charge < -0.3 is 5.32 Å². The van der Waals surface area contributed by atoms with Crippen LogP contribution in [0.25, 0.3) is 0 Å². The maximum absolute atomic E-state index is 12.1. The molecule has 0 bridgehead atoms. The number of halogens is 2. The largest absolute Gasteiger partial charge is 0.326 e. The number of hydrogen-bond acceptors (Lipinski definition) is 1. The smallest absolute Gasteiger partial charge is 0.225 e. The number of carbonyl (C=O) groups is 1. The van der Waals surface area contributed by atoms with Crippen LogP contribution in [-0.4, -0.2) is 5.91 Å². The fourth-order valence-electron chi connectivity index (χ4n) is 3.60. The van der Waals surface area contributed by atoms with Gasteiger partial charge in [0.25, 0.3) is 0 Å². The number of aryl methyl sites for hydroxylation is 2. The molecule has 0 fully saturated rings. The molecule has 2 aromatic rings. The van der Waals surface area contributed by atoms with E-state index in [1.807, 2.05) is 12.1 Å². The number of amides is 1. The van der Waals surface area contributed by atoms with Crippen LogP contribution in [0.2, 0.25) is 10.0 Å². The van der Waals surface area contributed by atoms with Crippen molar-refractivity contribution in [3.05, 3.63) is 62.6 Å². The molecular weight excluding hydrogens is 317 g/mol. The number of hydrogen-bond donors (Lipinski definition) is 1. The molecule has 0 radical (unpaired) electrons. The molecular formula is C18H15Cl2NO. The first-order valence-electron chi connectivity index (χ1n) is 7.52. The molecule has 1 aliphatic heterocycles. The Balaban J connectivity index is 1.86. The van der Waals surface area contributed by atoms with E-state index in [0.29, 0.717) is 16.5 Å². The third-order valence-electron chi connectivity index (χ3n) is 4.64. The van der Waals surface area contributed by atoms with Gasteiger partial charge in [0.1, 0.15) is 0 Å². The highest BCUT2D eigenvalue weighted by Gasteiger charge is 2.29. The van der Waals surface area contributed by atoms with Gasteiger partial charge in [0, 0.05) is 28.1 Å². The molecule has 0 saturated carbocycles. The number of nitrogens with one attached hydrogen (secondary N) is 1. The summed E-state index contributed by atoms with van der Waals surface area (Å²) in [5, 5.41) is 4.25. The van der Waals surface area contributed by atoms with Crippen LogP contribution in [-0.2, 0) is 17.6 Å². The Morgan fingerprint density at radius 3 is 2.55 bits per heavy atom. The second kappa shape index (κ2) is 5.29. The summed E-state index contributed by atoms with van der Waals surface area (Å²) in [6, 6.07) is 9.92. The minimum atomic E-state index is -0.000540. The molecule has 0 spiro atoms. The monoisotopic (exact) mass is 331 g/mol. The molecule has 0 unspecified atom stereocenters. The Labute approximate surface area is 139 Å². The molecule has 1 atom stereocenters. The molecule has 2 aliphatic rings. The molecule has 0 saturated heterocycles. The number of anilines is 1. The zero-order valence-corrected chi connectivity index (χ0v) is 13.5. The lowest BCUT2D eigenvalue weighted by atomic mass is 9.83.